The summed E-state index contributed by atoms with van der Waals surface area (Å²) in [7, 11) is 0. The number of nitrogens with one attached hydrogen (secondary N) is 1. The van der Waals surface area contributed by atoms with E-state index in [-0.39, 0.29) is 11.2 Å². The van der Waals surface area contributed by atoms with Gasteiger partial charge >= 0.3 is 0 Å². The van der Waals surface area contributed by atoms with Crippen molar-refractivity contribution < 1.29 is 9.21 Å². The lowest BCUT2D eigenvalue weighted by atomic mass is 10.1. The highest BCUT2D eigenvalue weighted by Crippen LogP contribution is 2.27. The molecular formula is C19H25N3O2S. The van der Waals surface area contributed by atoms with Gasteiger partial charge in [-0.15, -0.1) is 10.2 Å². The van der Waals surface area contributed by atoms with Gasteiger partial charge in [0, 0.05) is 11.6 Å². The third-order valence-electron chi connectivity index (χ3n) is 4.55. The van der Waals surface area contributed by atoms with Crippen LogP contribution in [-0.2, 0) is 4.79 Å². The zero-order chi connectivity index (χ0) is 17.6. The summed E-state index contributed by atoms with van der Waals surface area (Å²) in [6.07, 6.45) is 7.13. The van der Waals surface area contributed by atoms with Crippen molar-refractivity contribution >= 4 is 17.7 Å². The van der Waals surface area contributed by atoms with Crippen LogP contribution in [0, 0.1) is 6.92 Å². The van der Waals surface area contributed by atoms with Gasteiger partial charge in [0.1, 0.15) is 0 Å². The Labute approximate surface area is 153 Å². The predicted molar refractivity (Wildman–Crippen MR) is 99.4 cm³/mol. The van der Waals surface area contributed by atoms with Crippen molar-refractivity contribution in [3.63, 3.8) is 0 Å². The molecule has 0 saturated heterocycles. The first-order valence-corrected chi connectivity index (χ1v) is 9.87. The van der Waals surface area contributed by atoms with E-state index in [0.717, 1.165) is 18.4 Å². The Balaban J connectivity index is 1.56. The molecule has 5 nitrogen and oxygen atoms in total. The Kier molecular flexibility index (Phi) is 6.13. The molecule has 2 aromatic rings. The van der Waals surface area contributed by atoms with Crippen molar-refractivity contribution in [2.45, 2.75) is 68.9 Å². The SMILES string of the molecule is Cc1ccc(-c2nnc(S[C@@H](C)C(=O)NC3CCCCCC3)o2)cc1. The second-order valence-electron chi connectivity index (χ2n) is 6.70. The quantitative estimate of drug-likeness (QED) is 0.634. The summed E-state index contributed by atoms with van der Waals surface area (Å²) in [6.45, 7) is 3.92. The molecule has 0 spiro atoms. The molecule has 25 heavy (non-hydrogen) atoms. The first-order chi connectivity index (χ1) is 12.1. The van der Waals surface area contributed by atoms with Gasteiger partial charge in [-0.1, -0.05) is 55.1 Å². The van der Waals surface area contributed by atoms with Crippen LogP contribution in [0.25, 0.3) is 11.5 Å². The Morgan fingerprint density at radius 3 is 2.52 bits per heavy atom. The van der Waals surface area contributed by atoms with Crippen LogP contribution < -0.4 is 5.32 Å². The second kappa shape index (κ2) is 8.52. The zero-order valence-corrected chi connectivity index (χ0v) is 15.6. The molecule has 0 aliphatic heterocycles. The Hall–Kier alpha value is -1.82. The normalized spacial score (nSPS) is 17.0. The van der Waals surface area contributed by atoms with E-state index in [1.54, 1.807) is 0 Å². The van der Waals surface area contributed by atoms with Gasteiger partial charge in [0.05, 0.1) is 5.25 Å². The monoisotopic (exact) mass is 359 g/mol. The number of nitrogens with zero attached hydrogens (tertiary/aromatic N) is 2. The standard InChI is InChI=1S/C19H25N3O2S/c1-13-9-11-15(12-10-13)18-21-22-19(24-18)25-14(2)17(23)20-16-7-5-3-4-6-8-16/h9-12,14,16H,3-8H2,1-2H3,(H,20,23)/t14-/m0/s1. The largest absolute Gasteiger partial charge is 0.411 e. The molecule has 1 fully saturated rings. The average molecular weight is 359 g/mol. The summed E-state index contributed by atoms with van der Waals surface area (Å²) in [5, 5.41) is 11.5. The third-order valence-corrected chi connectivity index (χ3v) is 5.49. The van der Waals surface area contributed by atoms with Gasteiger partial charge in [0.15, 0.2) is 0 Å². The van der Waals surface area contributed by atoms with Crippen LogP contribution in [0.15, 0.2) is 33.9 Å². The summed E-state index contributed by atoms with van der Waals surface area (Å²) < 4.78 is 5.70. The summed E-state index contributed by atoms with van der Waals surface area (Å²) in [4.78, 5) is 12.4. The fourth-order valence-corrected chi connectivity index (χ4v) is 3.71. The highest BCUT2D eigenvalue weighted by molar-refractivity contribution is 8.00. The minimum Gasteiger partial charge on any atom is -0.411 e. The molecule has 134 valence electrons. The summed E-state index contributed by atoms with van der Waals surface area (Å²) in [6, 6.07) is 8.24. The van der Waals surface area contributed by atoms with E-state index in [1.165, 1.54) is 43.0 Å². The van der Waals surface area contributed by atoms with Gasteiger partial charge in [-0.05, 0) is 38.8 Å². The number of thioether (sulfide) groups is 1. The van der Waals surface area contributed by atoms with E-state index in [9.17, 15) is 4.79 Å². The van der Waals surface area contributed by atoms with E-state index in [2.05, 4.69) is 15.5 Å². The molecule has 1 aliphatic carbocycles. The number of aryl methyl sites for hydroxylation is 1. The first kappa shape index (κ1) is 18.0. The minimum absolute atomic E-state index is 0.0481. The van der Waals surface area contributed by atoms with Gasteiger partial charge in [0.2, 0.25) is 11.8 Å². The molecule has 1 saturated carbocycles. The van der Waals surface area contributed by atoms with Crippen LogP contribution in [0.2, 0.25) is 0 Å². The molecule has 0 unspecified atom stereocenters. The van der Waals surface area contributed by atoms with Crippen molar-refractivity contribution in [3.8, 4) is 11.5 Å². The van der Waals surface area contributed by atoms with Crippen molar-refractivity contribution in [1.29, 1.82) is 0 Å². The van der Waals surface area contributed by atoms with E-state index in [0.29, 0.717) is 17.2 Å². The molecule has 1 aliphatic rings. The fourth-order valence-electron chi connectivity index (χ4n) is 3.02. The number of carbonyl (C=O) groups is 1. The van der Waals surface area contributed by atoms with Crippen molar-refractivity contribution in [2.75, 3.05) is 0 Å². The number of carbonyl (C=O) groups excluding carboxylic acids is 1. The van der Waals surface area contributed by atoms with E-state index in [1.807, 2.05) is 38.1 Å². The van der Waals surface area contributed by atoms with Crippen LogP contribution in [0.3, 0.4) is 0 Å². The molecule has 1 N–H and O–H groups in total. The average Bonchev–Trinajstić information content (AvgIpc) is 2.91. The molecule has 0 radical (unpaired) electrons. The van der Waals surface area contributed by atoms with Gasteiger partial charge in [-0.2, -0.15) is 0 Å². The molecule has 3 rings (SSSR count). The molecule has 1 aromatic carbocycles. The lowest BCUT2D eigenvalue weighted by Gasteiger charge is -2.18. The van der Waals surface area contributed by atoms with Crippen molar-refractivity contribution in [3.05, 3.63) is 29.8 Å². The van der Waals surface area contributed by atoms with Gasteiger partial charge in [0.25, 0.3) is 5.22 Å². The maximum absolute atomic E-state index is 12.4. The van der Waals surface area contributed by atoms with Crippen LogP contribution in [0.5, 0.6) is 0 Å². The number of benzene rings is 1. The van der Waals surface area contributed by atoms with Crippen LogP contribution in [-0.4, -0.2) is 27.4 Å². The van der Waals surface area contributed by atoms with E-state index >= 15 is 0 Å². The Bertz CT molecular complexity index is 691. The zero-order valence-electron chi connectivity index (χ0n) is 14.8. The second-order valence-corrected chi connectivity index (χ2v) is 7.99. The molecule has 1 amide bonds. The highest BCUT2D eigenvalue weighted by atomic mass is 32.2. The van der Waals surface area contributed by atoms with Crippen LogP contribution >= 0.6 is 11.8 Å². The first-order valence-electron chi connectivity index (χ1n) is 8.99. The molecule has 1 atom stereocenters. The van der Waals surface area contributed by atoms with Crippen molar-refractivity contribution in [2.24, 2.45) is 0 Å². The molecule has 0 bridgehead atoms. The summed E-state index contributed by atoms with van der Waals surface area (Å²) in [5.41, 5.74) is 2.07. The molecule has 6 heteroatoms. The molecule has 1 aromatic heterocycles. The maximum Gasteiger partial charge on any atom is 0.277 e. The lowest BCUT2D eigenvalue weighted by molar-refractivity contribution is -0.121. The smallest absolute Gasteiger partial charge is 0.277 e. The van der Waals surface area contributed by atoms with E-state index in [4.69, 9.17) is 4.42 Å². The minimum atomic E-state index is -0.255. The Morgan fingerprint density at radius 2 is 1.84 bits per heavy atom. The third kappa shape index (κ3) is 5.08. The van der Waals surface area contributed by atoms with Crippen LogP contribution in [0.1, 0.15) is 51.0 Å². The van der Waals surface area contributed by atoms with Crippen LogP contribution in [0.4, 0.5) is 0 Å². The summed E-state index contributed by atoms with van der Waals surface area (Å²) >= 11 is 1.31. The lowest BCUT2D eigenvalue weighted by Crippen LogP contribution is -2.39. The Morgan fingerprint density at radius 1 is 1.16 bits per heavy atom. The topological polar surface area (TPSA) is 68.0 Å². The van der Waals surface area contributed by atoms with Gasteiger partial charge < -0.3 is 9.73 Å². The fraction of sp³-hybridized carbons (Fsp3) is 0.526. The number of rotatable bonds is 5. The number of hydrogen-bond donors (Lipinski definition) is 1. The summed E-state index contributed by atoms with van der Waals surface area (Å²) in [5.74, 6) is 0.533. The van der Waals surface area contributed by atoms with Gasteiger partial charge in [-0.25, -0.2) is 0 Å². The van der Waals surface area contributed by atoms with E-state index < -0.39 is 0 Å². The number of amides is 1. The van der Waals surface area contributed by atoms with Crippen molar-refractivity contribution in [1.82, 2.24) is 15.5 Å². The predicted octanol–water partition coefficient (Wildman–Crippen LogP) is 4.36. The number of aromatic nitrogens is 2. The molecule has 1 heterocycles. The van der Waals surface area contributed by atoms with Gasteiger partial charge in [-0.3, -0.25) is 4.79 Å². The maximum atomic E-state index is 12.4. The molecular weight excluding hydrogens is 334 g/mol. The highest BCUT2D eigenvalue weighted by Gasteiger charge is 2.22. The number of hydrogen-bond acceptors (Lipinski definition) is 5.